The van der Waals surface area contributed by atoms with Gasteiger partial charge in [0.2, 0.25) is 11.9 Å². The zero-order valence-electron chi connectivity index (χ0n) is 15.5. The molecule has 1 aromatic heterocycles. The third-order valence-corrected chi connectivity index (χ3v) is 3.62. The van der Waals surface area contributed by atoms with E-state index < -0.39 is 0 Å². The molecule has 6 nitrogen and oxygen atoms in total. The van der Waals surface area contributed by atoms with Crippen LogP contribution in [-0.2, 0) is 4.79 Å². The second kappa shape index (κ2) is 10.6. The van der Waals surface area contributed by atoms with Crippen LogP contribution in [0.1, 0.15) is 52.0 Å². The number of allylic oxidation sites excluding steroid dienone is 1. The van der Waals surface area contributed by atoms with Crippen LogP contribution in [0.15, 0.2) is 18.5 Å². The fraction of sp³-hybridized carbons (Fsp3) is 0.611. The Balaban J connectivity index is 0.00000139. The molecule has 0 aromatic carbocycles. The van der Waals surface area contributed by atoms with Gasteiger partial charge in [-0.1, -0.05) is 20.4 Å². The maximum Gasteiger partial charge on any atom is 0.228 e. The molecule has 1 aliphatic rings. The summed E-state index contributed by atoms with van der Waals surface area (Å²) in [5.74, 6) is 1.66. The smallest absolute Gasteiger partial charge is 0.228 e. The predicted molar refractivity (Wildman–Crippen MR) is 100 cm³/mol. The summed E-state index contributed by atoms with van der Waals surface area (Å²) in [6, 6.07) is 0. The molecule has 1 aliphatic heterocycles. The lowest BCUT2D eigenvalue weighted by molar-refractivity contribution is -0.133. The summed E-state index contributed by atoms with van der Waals surface area (Å²) >= 11 is 0. The van der Waals surface area contributed by atoms with Crippen LogP contribution in [0.2, 0.25) is 0 Å². The van der Waals surface area contributed by atoms with Crippen molar-refractivity contribution in [2.24, 2.45) is 0 Å². The fourth-order valence-corrected chi connectivity index (χ4v) is 2.45. The van der Waals surface area contributed by atoms with Crippen LogP contribution in [0.3, 0.4) is 0 Å². The van der Waals surface area contributed by atoms with Gasteiger partial charge in [-0.3, -0.25) is 4.79 Å². The van der Waals surface area contributed by atoms with Gasteiger partial charge < -0.3 is 15.5 Å². The molecule has 0 atom stereocenters. The lowest BCUT2D eigenvalue weighted by Crippen LogP contribution is -2.36. The van der Waals surface area contributed by atoms with E-state index in [-0.39, 0.29) is 5.91 Å². The highest BCUT2D eigenvalue weighted by Crippen LogP contribution is 2.14. The van der Waals surface area contributed by atoms with E-state index in [0.29, 0.717) is 12.4 Å². The first-order chi connectivity index (χ1) is 11.6. The van der Waals surface area contributed by atoms with Gasteiger partial charge in [0.05, 0.1) is 0 Å². The van der Waals surface area contributed by atoms with Crippen molar-refractivity contribution in [3.8, 4) is 0 Å². The Labute approximate surface area is 145 Å². The largest absolute Gasteiger partial charge is 0.370 e. The molecule has 2 rings (SSSR count). The summed E-state index contributed by atoms with van der Waals surface area (Å²) in [5.41, 5.74) is 1.81. The van der Waals surface area contributed by atoms with Gasteiger partial charge in [-0.25, -0.2) is 4.98 Å². The SMILES string of the molecule is C=C(C)Nc1ncc(C)c(NCCCN2CCCCC2=O)n1.CC. The van der Waals surface area contributed by atoms with E-state index in [2.05, 4.69) is 27.2 Å². The third kappa shape index (κ3) is 6.56. The Hall–Kier alpha value is -2.11. The number of nitrogens with one attached hydrogen (secondary N) is 2. The molecule has 1 aromatic rings. The number of hydrogen-bond donors (Lipinski definition) is 2. The van der Waals surface area contributed by atoms with Crippen molar-refractivity contribution in [1.82, 2.24) is 14.9 Å². The molecule has 0 unspecified atom stereocenters. The Morgan fingerprint density at radius 1 is 1.38 bits per heavy atom. The van der Waals surface area contributed by atoms with Gasteiger partial charge in [0.25, 0.3) is 0 Å². The highest BCUT2D eigenvalue weighted by atomic mass is 16.2. The fourth-order valence-electron chi connectivity index (χ4n) is 2.45. The van der Waals surface area contributed by atoms with E-state index in [9.17, 15) is 4.79 Å². The average Bonchev–Trinajstić information content (AvgIpc) is 2.57. The molecule has 2 heterocycles. The van der Waals surface area contributed by atoms with Crippen LogP contribution < -0.4 is 10.6 Å². The summed E-state index contributed by atoms with van der Waals surface area (Å²) in [6.45, 7) is 14.1. The van der Waals surface area contributed by atoms with E-state index in [1.165, 1.54) is 0 Å². The standard InChI is InChI=1S/C16H25N5O.C2H6/c1-12(2)19-16-18-11-13(3)15(20-16)17-8-6-10-21-9-5-4-7-14(21)22;1-2/h11H,1,4-10H2,2-3H3,(H2,17,18,19,20);1-2H3. The summed E-state index contributed by atoms with van der Waals surface area (Å²) in [5, 5.41) is 6.33. The number of nitrogens with zero attached hydrogens (tertiary/aromatic N) is 3. The number of aromatic nitrogens is 2. The van der Waals surface area contributed by atoms with E-state index in [1.807, 2.05) is 32.6 Å². The summed E-state index contributed by atoms with van der Waals surface area (Å²) in [6.07, 6.45) is 5.56. The average molecular weight is 333 g/mol. The number of carbonyl (C=O) groups is 1. The monoisotopic (exact) mass is 333 g/mol. The lowest BCUT2D eigenvalue weighted by atomic mass is 10.1. The molecule has 1 fully saturated rings. The van der Waals surface area contributed by atoms with Crippen LogP contribution in [0, 0.1) is 6.92 Å². The van der Waals surface area contributed by atoms with Crippen LogP contribution in [-0.4, -0.2) is 40.4 Å². The van der Waals surface area contributed by atoms with Crippen LogP contribution in [0.25, 0.3) is 0 Å². The minimum absolute atomic E-state index is 0.289. The highest BCUT2D eigenvalue weighted by Gasteiger charge is 2.16. The summed E-state index contributed by atoms with van der Waals surface area (Å²) in [4.78, 5) is 22.3. The molecule has 24 heavy (non-hydrogen) atoms. The summed E-state index contributed by atoms with van der Waals surface area (Å²) < 4.78 is 0. The Morgan fingerprint density at radius 3 is 2.79 bits per heavy atom. The number of anilines is 2. The minimum Gasteiger partial charge on any atom is -0.370 e. The van der Waals surface area contributed by atoms with Crippen molar-refractivity contribution >= 4 is 17.7 Å². The topological polar surface area (TPSA) is 70.2 Å². The number of piperidine rings is 1. The van der Waals surface area contributed by atoms with Crippen molar-refractivity contribution < 1.29 is 4.79 Å². The molecule has 2 N–H and O–H groups in total. The van der Waals surface area contributed by atoms with E-state index in [1.54, 1.807) is 6.20 Å². The maximum atomic E-state index is 11.7. The first-order valence-corrected chi connectivity index (χ1v) is 8.84. The van der Waals surface area contributed by atoms with Gasteiger partial charge in [0.15, 0.2) is 0 Å². The van der Waals surface area contributed by atoms with Gasteiger partial charge in [-0.2, -0.15) is 4.98 Å². The number of rotatable bonds is 7. The number of amides is 1. The Bertz CT molecular complexity index is 544. The number of hydrogen-bond acceptors (Lipinski definition) is 5. The van der Waals surface area contributed by atoms with Gasteiger partial charge >= 0.3 is 0 Å². The first-order valence-electron chi connectivity index (χ1n) is 8.84. The molecule has 0 bridgehead atoms. The van der Waals surface area contributed by atoms with Crippen LogP contribution in [0.5, 0.6) is 0 Å². The van der Waals surface area contributed by atoms with Crippen molar-refractivity contribution in [3.63, 3.8) is 0 Å². The van der Waals surface area contributed by atoms with Crippen molar-refractivity contribution in [2.45, 2.75) is 53.4 Å². The minimum atomic E-state index is 0.289. The molecule has 6 heteroatoms. The Kier molecular flexibility index (Phi) is 8.83. The van der Waals surface area contributed by atoms with Gasteiger partial charge in [0.1, 0.15) is 5.82 Å². The second-order valence-electron chi connectivity index (χ2n) is 5.75. The molecular formula is C18H31N5O. The lowest BCUT2D eigenvalue weighted by Gasteiger charge is -2.26. The number of likely N-dealkylation sites (tertiary alicyclic amines) is 1. The molecule has 1 amide bonds. The quantitative estimate of drug-likeness (QED) is 0.747. The number of carbonyl (C=O) groups excluding carboxylic acids is 1. The third-order valence-electron chi connectivity index (χ3n) is 3.62. The van der Waals surface area contributed by atoms with Gasteiger partial charge in [-0.15, -0.1) is 0 Å². The number of aryl methyl sites for hydroxylation is 1. The molecule has 0 radical (unpaired) electrons. The van der Waals surface area contributed by atoms with Crippen LogP contribution >= 0.6 is 0 Å². The van der Waals surface area contributed by atoms with Gasteiger partial charge in [-0.05, 0) is 33.1 Å². The normalized spacial score (nSPS) is 13.8. The van der Waals surface area contributed by atoms with Crippen molar-refractivity contribution in [3.05, 3.63) is 24.0 Å². The Morgan fingerprint density at radius 2 is 2.12 bits per heavy atom. The van der Waals surface area contributed by atoms with E-state index in [4.69, 9.17) is 0 Å². The van der Waals surface area contributed by atoms with Gasteiger partial charge in [0, 0.05) is 43.5 Å². The molecular weight excluding hydrogens is 302 g/mol. The maximum absolute atomic E-state index is 11.7. The highest BCUT2D eigenvalue weighted by molar-refractivity contribution is 5.76. The molecule has 0 saturated carbocycles. The van der Waals surface area contributed by atoms with E-state index in [0.717, 1.165) is 56.0 Å². The summed E-state index contributed by atoms with van der Waals surface area (Å²) in [7, 11) is 0. The second-order valence-corrected chi connectivity index (χ2v) is 5.75. The van der Waals surface area contributed by atoms with E-state index >= 15 is 0 Å². The first kappa shape index (κ1) is 19.9. The zero-order valence-corrected chi connectivity index (χ0v) is 15.5. The zero-order chi connectivity index (χ0) is 17.9. The molecule has 0 aliphatic carbocycles. The van der Waals surface area contributed by atoms with Crippen molar-refractivity contribution in [2.75, 3.05) is 30.3 Å². The molecule has 134 valence electrons. The molecule has 1 saturated heterocycles. The molecule has 0 spiro atoms. The van der Waals surface area contributed by atoms with Crippen molar-refractivity contribution in [1.29, 1.82) is 0 Å². The predicted octanol–water partition coefficient (Wildman–Crippen LogP) is 3.57. The van der Waals surface area contributed by atoms with Crippen LogP contribution in [0.4, 0.5) is 11.8 Å².